The number of ketones is 1. The van der Waals surface area contributed by atoms with Crippen LogP contribution in [0, 0.1) is 6.92 Å². The standard InChI is InChI=1S/C30H44N4O4S/c1-4-5-6-7-8-9-10-27(36)25(31)15-16-28(37)34-18-24(35)17-26(34)30(38)33-20(2)22-11-13-23(14-12-22)29-21(3)32-19-39-29/h11-14,19-20,24-26,35H,4-10,15-18,31H2,1-3H3,(H,33,38)/t20-,24?,25?,26?/m0/s1. The number of aryl methyl sites for hydroxylation is 1. The first kappa shape index (κ1) is 30.9. The molecule has 8 nitrogen and oxygen atoms in total. The number of Topliss-reactive ketones (excluding diaryl/α,β-unsaturated/α-hetero) is 1. The number of carbonyl (C=O) groups is 3. The second kappa shape index (κ2) is 15.2. The largest absolute Gasteiger partial charge is 0.391 e. The molecule has 9 heteroatoms. The van der Waals surface area contributed by atoms with Crippen molar-refractivity contribution in [3.8, 4) is 10.4 Å². The number of nitrogens with zero attached hydrogens (tertiary/aromatic N) is 2. The molecule has 0 aliphatic carbocycles. The zero-order valence-corrected chi connectivity index (χ0v) is 24.3. The number of aliphatic hydroxyl groups excluding tert-OH is 1. The molecule has 2 heterocycles. The van der Waals surface area contributed by atoms with Gasteiger partial charge in [0.1, 0.15) is 11.8 Å². The summed E-state index contributed by atoms with van der Waals surface area (Å²) in [6, 6.07) is 6.31. The molecule has 1 aromatic heterocycles. The van der Waals surface area contributed by atoms with E-state index in [9.17, 15) is 19.5 Å². The number of unbranched alkanes of at least 4 members (excludes halogenated alkanes) is 5. The molecule has 0 bridgehead atoms. The maximum absolute atomic E-state index is 13.1. The molecule has 214 valence electrons. The van der Waals surface area contributed by atoms with E-state index in [-0.39, 0.29) is 49.4 Å². The minimum Gasteiger partial charge on any atom is -0.391 e. The molecule has 1 aromatic carbocycles. The van der Waals surface area contributed by atoms with Gasteiger partial charge in [0.15, 0.2) is 0 Å². The van der Waals surface area contributed by atoms with Crippen LogP contribution in [0.15, 0.2) is 29.8 Å². The molecule has 1 aliphatic heterocycles. The normalized spacial score (nSPS) is 18.6. The summed E-state index contributed by atoms with van der Waals surface area (Å²) >= 11 is 1.59. The number of aliphatic hydroxyl groups is 1. The van der Waals surface area contributed by atoms with Gasteiger partial charge in [0.25, 0.3) is 0 Å². The van der Waals surface area contributed by atoms with Gasteiger partial charge in [0, 0.05) is 25.8 Å². The molecule has 2 aromatic rings. The number of likely N-dealkylation sites (tertiary alicyclic amines) is 1. The van der Waals surface area contributed by atoms with Gasteiger partial charge in [-0.05, 0) is 37.8 Å². The summed E-state index contributed by atoms with van der Waals surface area (Å²) in [6.45, 7) is 6.16. The monoisotopic (exact) mass is 556 g/mol. The zero-order chi connectivity index (χ0) is 28.4. The minimum absolute atomic E-state index is 0.0145. The average Bonchev–Trinajstić information content (AvgIpc) is 3.54. The lowest BCUT2D eigenvalue weighted by atomic mass is 10.0. The first-order chi connectivity index (χ1) is 18.7. The molecule has 0 spiro atoms. The number of thiazole rings is 1. The van der Waals surface area contributed by atoms with Gasteiger partial charge >= 0.3 is 0 Å². The summed E-state index contributed by atoms with van der Waals surface area (Å²) in [5, 5.41) is 13.2. The highest BCUT2D eigenvalue weighted by molar-refractivity contribution is 7.13. The number of benzene rings is 1. The van der Waals surface area contributed by atoms with Crippen molar-refractivity contribution in [1.29, 1.82) is 0 Å². The lowest BCUT2D eigenvalue weighted by Crippen LogP contribution is -2.47. The summed E-state index contributed by atoms with van der Waals surface area (Å²) in [6.07, 6.45) is 6.79. The molecule has 1 aliphatic rings. The molecule has 4 N–H and O–H groups in total. The average molecular weight is 557 g/mol. The van der Waals surface area contributed by atoms with E-state index in [2.05, 4.69) is 17.2 Å². The fraction of sp³-hybridized carbons (Fsp3) is 0.600. The summed E-state index contributed by atoms with van der Waals surface area (Å²) < 4.78 is 0. The van der Waals surface area contributed by atoms with Gasteiger partial charge < -0.3 is 21.1 Å². The van der Waals surface area contributed by atoms with Crippen LogP contribution in [0.5, 0.6) is 0 Å². The van der Waals surface area contributed by atoms with Crippen LogP contribution in [0.4, 0.5) is 0 Å². The van der Waals surface area contributed by atoms with E-state index >= 15 is 0 Å². The van der Waals surface area contributed by atoms with Crippen LogP contribution in [-0.2, 0) is 14.4 Å². The number of rotatable bonds is 15. The number of nitrogens with two attached hydrogens (primary N) is 1. The van der Waals surface area contributed by atoms with Crippen LogP contribution in [0.3, 0.4) is 0 Å². The number of hydrogen-bond donors (Lipinski definition) is 3. The lowest BCUT2D eigenvalue weighted by molar-refractivity contribution is -0.139. The fourth-order valence-electron chi connectivity index (χ4n) is 5.08. The summed E-state index contributed by atoms with van der Waals surface area (Å²) in [4.78, 5) is 45.4. The molecule has 39 heavy (non-hydrogen) atoms. The molecular formula is C30H44N4O4S. The third-order valence-corrected chi connectivity index (χ3v) is 8.52. The Balaban J connectivity index is 1.48. The van der Waals surface area contributed by atoms with E-state index in [1.165, 1.54) is 24.2 Å². The maximum atomic E-state index is 13.1. The summed E-state index contributed by atoms with van der Waals surface area (Å²) in [5.74, 6) is -0.566. The second-order valence-corrected chi connectivity index (χ2v) is 11.6. The van der Waals surface area contributed by atoms with E-state index in [0.717, 1.165) is 41.0 Å². The Labute approximate surface area is 236 Å². The van der Waals surface area contributed by atoms with Crippen molar-refractivity contribution >= 4 is 28.9 Å². The smallest absolute Gasteiger partial charge is 0.243 e. The van der Waals surface area contributed by atoms with Gasteiger partial charge in [-0.25, -0.2) is 4.98 Å². The Morgan fingerprint density at radius 3 is 2.49 bits per heavy atom. The number of carbonyl (C=O) groups excluding carboxylic acids is 3. The quantitative estimate of drug-likeness (QED) is 0.274. The third kappa shape index (κ3) is 8.95. The van der Waals surface area contributed by atoms with Crippen molar-refractivity contribution in [3.05, 3.63) is 41.0 Å². The Bertz CT molecular complexity index is 1090. The maximum Gasteiger partial charge on any atom is 0.243 e. The van der Waals surface area contributed by atoms with Crippen molar-refractivity contribution in [2.75, 3.05) is 6.54 Å². The van der Waals surface area contributed by atoms with Gasteiger partial charge in [-0.3, -0.25) is 14.4 Å². The lowest BCUT2D eigenvalue weighted by Gasteiger charge is -2.26. The number of amides is 2. The molecular weight excluding hydrogens is 512 g/mol. The number of aromatic nitrogens is 1. The van der Waals surface area contributed by atoms with E-state index in [0.29, 0.717) is 6.42 Å². The molecule has 3 rings (SSSR count). The molecule has 2 amide bonds. The van der Waals surface area contributed by atoms with Crippen LogP contribution in [0.2, 0.25) is 0 Å². The van der Waals surface area contributed by atoms with E-state index in [4.69, 9.17) is 5.73 Å². The van der Waals surface area contributed by atoms with Gasteiger partial charge in [-0.15, -0.1) is 11.3 Å². The predicted octanol–water partition coefficient (Wildman–Crippen LogP) is 4.68. The topological polar surface area (TPSA) is 126 Å². The van der Waals surface area contributed by atoms with Crippen molar-refractivity contribution in [2.45, 2.75) is 109 Å². The van der Waals surface area contributed by atoms with Crippen LogP contribution >= 0.6 is 11.3 Å². The van der Waals surface area contributed by atoms with Crippen molar-refractivity contribution in [1.82, 2.24) is 15.2 Å². The number of hydrogen-bond acceptors (Lipinski definition) is 7. The highest BCUT2D eigenvalue weighted by atomic mass is 32.1. The van der Waals surface area contributed by atoms with E-state index < -0.39 is 18.2 Å². The van der Waals surface area contributed by atoms with E-state index in [1.54, 1.807) is 11.3 Å². The van der Waals surface area contributed by atoms with Crippen LogP contribution in [0.1, 0.15) is 95.4 Å². The molecule has 0 saturated carbocycles. The number of β-amino-alcohol motifs (C(OH)–C–C–N with tert-alkyl or cyclic N) is 1. The molecule has 1 fully saturated rings. The van der Waals surface area contributed by atoms with Gasteiger partial charge in [0.05, 0.1) is 34.3 Å². The highest BCUT2D eigenvalue weighted by Crippen LogP contribution is 2.28. The van der Waals surface area contributed by atoms with Gasteiger partial charge in [0.2, 0.25) is 11.8 Å². The fourth-order valence-corrected chi connectivity index (χ4v) is 5.89. The van der Waals surface area contributed by atoms with Crippen LogP contribution < -0.4 is 11.1 Å². The molecule has 3 unspecified atom stereocenters. The second-order valence-electron chi connectivity index (χ2n) is 10.7. The minimum atomic E-state index is -0.759. The molecule has 1 saturated heterocycles. The zero-order valence-electron chi connectivity index (χ0n) is 23.5. The van der Waals surface area contributed by atoms with Gasteiger partial charge in [-0.2, -0.15) is 0 Å². The van der Waals surface area contributed by atoms with E-state index in [1.807, 2.05) is 43.6 Å². The Morgan fingerprint density at radius 2 is 1.82 bits per heavy atom. The first-order valence-corrected chi connectivity index (χ1v) is 15.2. The van der Waals surface area contributed by atoms with Crippen molar-refractivity contribution in [3.63, 3.8) is 0 Å². The van der Waals surface area contributed by atoms with Gasteiger partial charge in [-0.1, -0.05) is 63.3 Å². The molecule has 4 atom stereocenters. The Kier molecular flexibility index (Phi) is 12.1. The molecule has 0 radical (unpaired) electrons. The Hall–Kier alpha value is -2.62. The van der Waals surface area contributed by atoms with Crippen molar-refractivity contribution in [2.24, 2.45) is 5.73 Å². The van der Waals surface area contributed by atoms with Crippen LogP contribution in [-0.4, -0.2) is 57.3 Å². The SMILES string of the molecule is CCCCCCCCC(=O)C(N)CCC(=O)N1CC(O)CC1C(=O)N[C@@H](C)c1ccc(-c2scnc2C)cc1. The predicted molar refractivity (Wildman–Crippen MR) is 155 cm³/mol. The Morgan fingerprint density at radius 1 is 1.13 bits per heavy atom. The summed E-state index contributed by atoms with van der Waals surface area (Å²) in [7, 11) is 0. The van der Waals surface area contributed by atoms with Crippen molar-refractivity contribution < 1.29 is 19.5 Å². The van der Waals surface area contributed by atoms with Crippen LogP contribution in [0.25, 0.3) is 10.4 Å². The number of nitrogens with one attached hydrogen (secondary N) is 1. The third-order valence-electron chi connectivity index (χ3n) is 7.54. The first-order valence-electron chi connectivity index (χ1n) is 14.3. The highest BCUT2D eigenvalue weighted by Gasteiger charge is 2.39. The summed E-state index contributed by atoms with van der Waals surface area (Å²) in [5.41, 5.74) is 10.9.